The van der Waals surface area contributed by atoms with E-state index < -0.39 is 23.7 Å². The minimum atomic E-state index is -0.887. The van der Waals surface area contributed by atoms with Crippen molar-refractivity contribution in [2.45, 2.75) is 70.8 Å². The lowest BCUT2D eigenvalue weighted by atomic mass is 9.88. The Morgan fingerprint density at radius 1 is 1.18 bits per heavy atom. The molecule has 1 unspecified atom stereocenters. The number of thiazole rings is 1. The molecule has 1 atom stereocenters. The van der Waals surface area contributed by atoms with Crippen molar-refractivity contribution in [3.05, 3.63) is 41.3 Å². The van der Waals surface area contributed by atoms with E-state index in [1.54, 1.807) is 23.2 Å². The molecule has 202 valence electrons. The fourth-order valence-electron chi connectivity index (χ4n) is 4.92. The number of rotatable bonds is 5. The van der Waals surface area contributed by atoms with Crippen LogP contribution in [0.5, 0.6) is 5.75 Å². The van der Waals surface area contributed by atoms with Gasteiger partial charge in [-0.15, -0.1) is 21.5 Å². The molecule has 5 rings (SSSR count). The Kier molecular flexibility index (Phi) is 6.97. The Balaban J connectivity index is 1.31. The summed E-state index contributed by atoms with van der Waals surface area (Å²) in [4.78, 5) is 21.5. The lowest BCUT2D eigenvalue weighted by Crippen LogP contribution is -2.55. The zero-order valence-corrected chi connectivity index (χ0v) is 22.6. The number of phenolic OH excluding ortho intramolecular Hbond substituents is 1. The molecule has 2 fully saturated rings. The number of alkyl halides is 1. The van der Waals surface area contributed by atoms with Crippen molar-refractivity contribution in [3.8, 4) is 27.4 Å². The standard InChI is InChI=1S/C27H31F2N5O3S/c1-15-30-13-24(38-15)19-12-23(35)20(11-21(19)29)22-5-6-25(32-31-22)33-8-7-17(14-33)34(18-9-16(28)10-18)26(36)37-27(2,3)4/h5-6,11-13,16-18,35H,7-10,14H2,1-4H3/t16-,17?,18-. The molecule has 0 radical (unpaired) electrons. The highest BCUT2D eigenvalue weighted by molar-refractivity contribution is 7.15. The molecule has 11 heteroatoms. The molecule has 2 aliphatic rings. The molecule has 0 spiro atoms. The van der Waals surface area contributed by atoms with E-state index in [9.17, 15) is 18.7 Å². The molecule has 1 saturated carbocycles. The van der Waals surface area contributed by atoms with Crippen molar-refractivity contribution < 1.29 is 23.4 Å². The van der Waals surface area contributed by atoms with Crippen LogP contribution in [0.3, 0.4) is 0 Å². The number of anilines is 1. The normalized spacial score (nSPS) is 21.3. The van der Waals surface area contributed by atoms with Gasteiger partial charge in [-0.05, 0) is 71.2 Å². The van der Waals surface area contributed by atoms with E-state index in [0.29, 0.717) is 48.7 Å². The second kappa shape index (κ2) is 10.1. The fraction of sp³-hybridized carbons (Fsp3) is 0.481. The highest BCUT2D eigenvalue weighted by atomic mass is 32.1. The highest BCUT2D eigenvalue weighted by Gasteiger charge is 2.43. The van der Waals surface area contributed by atoms with E-state index in [4.69, 9.17) is 4.74 Å². The number of aryl methyl sites for hydroxylation is 1. The lowest BCUT2D eigenvalue weighted by Gasteiger charge is -2.43. The molecule has 8 nitrogen and oxygen atoms in total. The van der Waals surface area contributed by atoms with E-state index in [1.807, 2.05) is 32.6 Å². The maximum Gasteiger partial charge on any atom is 0.410 e. The number of hydrogen-bond acceptors (Lipinski definition) is 8. The monoisotopic (exact) mass is 543 g/mol. The van der Waals surface area contributed by atoms with Crippen LogP contribution < -0.4 is 4.90 Å². The average Bonchev–Trinajstić information content (AvgIpc) is 3.48. The third kappa shape index (κ3) is 5.43. The smallest absolute Gasteiger partial charge is 0.410 e. The van der Waals surface area contributed by atoms with Gasteiger partial charge in [-0.2, -0.15) is 0 Å². The van der Waals surface area contributed by atoms with Crippen LogP contribution in [0.4, 0.5) is 19.4 Å². The molecule has 1 aliphatic carbocycles. The molecule has 1 aliphatic heterocycles. The first-order valence-electron chi connectivity index (χ1n) is 12.7. The highest BCUT2D eigenvalue weighted by Crippen LogP contribution is 2.37. The van der Waals surface area contributed by atoms with Crippen molar-refractivity contribution in [1.82, 2.24) is 20.1 Å². The number of aromatic nitrogens is 3. The van der Waals surface area contributed by atoms with Crippen molar-refractivity contribution in [1.29, 1.82) is 0 Å². The van der Waals surface area contributed by atoms with Gasteiger partial charge in [-0.25, -0.2) is 18.6 Å². The second-order valence-corrected chi connectivity index (χ2v) is 12.1. The molecule has 1 N–H and O–H groups in total. The number of carbonyl (C=O) groups excluding carboxylic acids is 1. The quantitative estimate of drug-likeness (QED) is 0.439. The predicted octanol–water partition coefficient (Wildman–Crippen LogP) is 5.74. The Labute approximate surface area is 224 Å². The van der Waals surface area contributed by atoms with Crippen LogP contribution in [0.1, 0.15) is 45.0 Å². The fourth-order valence-corrected chi connectivity index (χ4v) is 5.71. The van der Waals surface area contributed by atoms with Gasteiger partial charge in [0.15, 0.2) is 5.82 Å². The minimum Gasteiger partial charge on any atom is -0.507 e. The molecule has 38 heavy (non-hydrogen) atoms. The average molecular weight is 544 g/mol. The van der Waals surface area contributed by atoms with Gasteiger partial charge in [0.25, 0.3) is 0 Å². The number of ether oxygens (including phenoxy) is 1. The first-order chi connectivity index (χ1) is 18.0. The van der Waals surface area contributed by atoms with Gasteiger partial charge < -0.3 is 19.6 Å². The van der Waals surface area contributed by atoms with Gasteiger partial charge in [0.1, 0.15) is 23.3 Å². The van der Waals surface area contributed by atoms with Crippen molar-refractivity contribution in [3.63, 3.8) is 0 Å². The van der Waals surface area contributed by atoms with Crippen LogP contribution in [0.25, 0.3) is 21.7 Å². The van der Waals surface area contributed by atoms with E-state index in [-0.39, 0.29) is 29.0 Å². The van der Waals surface area contributed by atoms with Gasteiger partial charge in [0.2, 0.25) is 0 Å². The van der Waals surface area contributed by atoms with E-state index in [0.717, 1.165) is 5.01 Å². The zero-order chi connectivity index (χ0) is 27.2. The number of aromatic hydroxyl groups is 1. The second-order valence-electron chi connectivity index (χ2n) is 10.9. The van der Waals surface area contributed by atoms with E-state index in [2.05, 4.69) is 15.2 Å². The van der Waals surface area contributed by atoms with Gasteiger partial charge in [0.05, 0.1) is 21.6 Å². The lowest BCUT2D eigenvalue weighted by molar-refractivity contribution is -0.0178. The summed E-state index contributed by atoms with van der Waals surface area (Å²) in [5, 5.41) is 20.0. The summed E-state index contributed by atoms with van der Waals surface area (Å²) in [6.45, 7) is 8.45. The minimum absolute atomic E-state index is 0.101. The third-order valence-corrected chi connectivity index (χ3v) is 7.78. The number of phenols is 1. The maximum absolute atomic E-state index is 14.9. The van der Waals surface area contributed by atoms with Crippen LogP contribution in [-0.4, -0.2) is 68.2 Å². The summed E-state index contributed by atoms with van der Waals surface area (Å²) in [6, 6.07) is 5.78. The molecular formula is C27H31F2N5O3S. The number of benzene rings is 1. The number of halogens is 2. The van der Waals surface area contributed by atoms with Crippen LogP contribution in [-0.2, 0) is 4.74 Å². The third-order valence-electron chi connectivity index (χ3n) is 6.83. The zero-order valence-electron chi connectivity index (χ0n) is 21.8. The van der Waals surface area contributed by atoms with Gasteiger partial charge in [-0.3, -0.25) is 0 Å². The van der Waals surface area contributed by atoms with Crippen molar-refractivity contribution >= 4 is 23.2 Å². The summed E-state index contributed by atoms with van der Waals surface area (Å²) in [7, 11) is 0. The molecule has 1 saturated heterocycles. The van der Waals surface area contributed by atoms with Crippen molar-refractivity contribution in [2.24, 2.45) is 0 Å². The first kappa shape index (κ1) is 26.3. The number of nitrogens with zero attached hydrogens (tertiary/aromatic N) is 5. The van der Waals surface area contributed by atoms with Gasteiger partial charge in [0, 0.05) is 36.5 Å². The SMILES string of the molecule is Cc1ncc(-c2cc(O)c(-c3ccc(N4CCC(N(C(=O)OC(C)(C)C)[C@H]5C[C@H](F)C5)C4)nn3)cc2F)s1. The summed E-state index contributed by atoms with van der Waals surface area (Å²) in [6.07, 6.45) is 1.62. The molecule has 2 aromatic heterocycles. The largest absolute Gasteiger partial charge is 0.507 e. The molecule has 1 amide bonds. The molecule has 3 aromatic rings. The Hall–Kier alpha value is -3.34. The van der Waals surface area contributed by atoms with Crippen LogP contribution >= 0.6 is 11.3 Å². The van der Waals surface area contributed by atoms with E-state index >= 15 is 0 Å². The first-order valence-corrected chi connectivity index (χ1v) is 13.5. The summed E-state index contributed by atoms with van der Waals surface area (Å²) >= 11 is 1.35. The van der Waals surface area contributed by atoms with Crippen LogP contribution in [0.2, 0.25) is 0 Å². The number of hydrogen-bond donors (Lipinski definition) is 1. The van der Waals surface area contributed by atoms with E-state index in [1.165, 1.54) is 23.5 Å². The molecule has 0 bridgehead atoms. The van der Waals surface area contributed by atoms with Gasteiger partial charge >= 0.3 is 6.09 Å². The number of amides is 1. The Morgan fingerprint density at radius 3 is 2.55 bits per heavy atom. The summed E-state index contributed by atoms with van der Waals surface area (Å²) in [5.41, 5.74) is 0.223. The van der Waals surface area contributed by atoms with Crippen LogP contribution in [0.15, 0.2) is 30.5 Å². The Morgan fingerprint density at radius 2 is 1.95 bits per heavy atom. The topological polar surface area (TPSA) is 91.7 Å². The predicted molar refractivity (Wildman–Crippen MR) is 142 cm³/mol. The molecule has 3 heterocycles. The maximum atomic E-state index is 14.9. The van der Waals surface area contributed by atoms with Gasteiger partial charge in [-0.1, -0.05) is 0 Å². The van der Waals surface area contributed by atoms with Crippen LogP contribution in [0, 0.1) is 12.7 Å². The Bertz CT molecular complexity index is 1320. The summed E-state index contributed by atoms with van der Waals surface area (Å²) < 4.78 is 34.2. The molecule has 1 aromatic carbocycles. The molecular weight excluding hydrogens is 512 g/mol. The summed E-state index contributed by atoms with van der Waals surface area (Å²) in [5.74, 6) is 0.0212. The number of carbonyl (C=O) groups is 1. The van der Waals surface area contributed by atoms with Crippen molar-refractivity contribution in [2.75, 3.05) is 18.0 Å².